The molecule has 0 saturated heterocycles. The summed E-state index contributed by atoms with van der Waals surface area (Å²) in [5, 5.41) is 0. The first kappa shape index (κ1) is 68.6. The molecule has 0 fully saturated rings. The van der Waals surface area contributed by atoms with Gasteiger partial charge in [0.25, 0.3) is 0 Å². The van der Waals surface area contributed by atoms with Gasteiger partial charge in [-0.1, -0.05) is 257 Å². The van der Waals surface area contributed by atoms with Crippen molar-refractivity contribution in [3.8, 4) is 0 Å². The topological polar surface area (TPSA) is 78.9 Å². The van der Waals surface area contributed by atoms with Crippen molar-refractivity contribution in [1.29, 1.82) is 0 Å². The summed E-state index contributed by atoms with van der Waals surface area (Å²) in [6.07, 6.45) is 84.5. The molecule has 0 heterocycles. The number of carbonyl (C=O) groups excluding carboxylic acids is 3. The van der Waals surface area contributed by atoms with Gasteiger partial charge in [0.2, 0.25) is 0 Å². The highest BCUT2D eigenvalue weighted by Crippen LogP contribution is 2.15. The molecule has 0 saturated carbocycles. The second-order valence-corrected chi connectivity index (χ2v) is 19.1. The number of ether oxygens (including phenoxy) is 3. The van der Waals surface area contributed by atoms with E-state index in [1.165, 1.54) is 77.0 Å². The van der Waals surface area contributed by atoms with Crippen LogP contribution in [0.15, 0.2) is 134 Å². The standard InChI is InChI=1S/C67H108O6/c1-4-7-10-13-16-19-22-25-28-30-31-32-33-34-35-37-39-42-45-48-51-54-57-60-66(69)72-63-64(62-71-65(68)59-56-53-50-47-44-41-38-27-24-21-18-15-12-9-6-3)73-67(70)61-58-55-52-49-46-43-40-36-29-26-23-20-17-14-11-8-5-2/h7-8,10-11,16-17,19-20,25-26,28-29,31-32,34-35,39-40,42-43,48,51,64H,4-6,9,12-15,18,21-24,27,30,33,36-38,41,44-47,49-50,52-63H2,1-3H3/b10-7-,11-8-,19-16-,20-17-,28-25-,29-26-,32-31-,35-34-,42-39-,43-40-,51-48-. The van der Waals surface area contributed by atoms with Crippen LogP contribution in [-0.4, -0.2) is 37.2 Å². The van der Waals surface area contributed by atoms with Crippen molar-refractivity contribution in [3.63, 3.8) is 0 Å². The van der Waals surface area contributed by atoms with Crippen LogP contribution in [0.5, 0.6) is 0 Å². The lowest BCUT2D eigenvalue weighted by atomic mass is 10.0. The maximum Gasteiger partial charge on any atom is 0.306 e. The van der Waals surface area contributed by atoms with Gasteiger partial charge in [-0.2, -0.15) is 0 Å². The lowest BCUT2D eigenvalue weighted by Crippen LogP contribution is -2.30. The Labute approximate surface area is 449 Å². The maximum atomic E-state index is 12.9. The minimum atomic E-state index is -0.819. The highest BCUT2D eigenvalue weighted by atomic mass is 16.6. The van der Waals surface area contributed by atoms with E-state index in [1.807, 2.05) is 0 Å². The minimum absolute atomic E-state index is 0.108. The van der Waals surface area contributed by atoms with Crippen LogP contribution in [0.4, 0.5) is 0 Å². The minimum Gasteiger partial charge on any atom is -0.462 e. The van der Waals surface area contributed by atoms with Crippen molar-refractivity contribution in [1.82, 2.24) is 0 Å². The maximum absolute atomic E-state index is 12.9. The van der Waals surface area contributed by atoms with Gasteiger partial charge in [0, 0.05) is 19.3 Å². The quantitative estimate of drug-likeness (QED) is 0.0261. The van der Waals surface area contributed by atoms with Crippen LogP contribution in [0, 0.1) is 0 Å². The third kappa shape index (κ3) is 58.3. The van der Waals surface area contributed by atoms with E-state index >= 15 is 0 Å². The molecule has 0 N–H and O–H groups in total. The van der Waals surface area contributed by atoms with Crippen LogP contribution in [0.2, 0.25) is 0 Å². The monoisotopic (exact) mass is 1010 g/mol. The average molecular weight is 1010 g/mol. The van der Waals surface area contributed by atoms with Crippen molar-refractivity contribution in [2.75, 3.05) is 13.2 Å². The van der Waals surface area contributed by atoms with Gasteiger partial charge in [-0.3, -0.25) is 14.4 Å². The van der Waals surface area contributed by atoms with Crippen LogP contribution < -0.4 is 0 Å². The zero-order valence-corrected chi connectivity index (χ0v) is 47.1. The molecule has 412 valence electrons. The number of hydrogen-bond donors (Lipinski definition) is 0. The zero-order valence-electron chi connectivity index (χ0n) is 47.1. The molecule has 0 aliphatic carbocycles. The van der Waals surface area contributed by atoms with Gasteiger partial charge in [-0.15, -0.1) is 0 Å². The fraction of sp³-hybridized carbons (Fsp3) is 0.627. The molecule has 0 bridgehead atoms. The van der Waals surface area contributed by atoms with E-state index in [0.717, 1.165) is 128 Å². The Balaban J connectivity index is 4.53. The molecule has 6 nitrogen and oxygen atoms in total. The fourth-order valence-electron chi connectivity index (χ4n) is 7.78. The van der Waals surface area contributed by atoms with Crippen molar-refractivity contribution in [2.24, 2.45) is 0 Å². The average Bonchev–Trinajstić information content (AvgIpc) is 3.39. The smallest absolute Gasteiger partial charge is 0.306 e. The first-order chi connectivity index (χ1) is 36.0. The van der Waals surface area contributed by atoms with Gasteiger partial charge in [0.1, 0.15) is 13.2 Å². The van der Waals surface area contributed by atoms with E-state index in [9.17, 15) is 14.4 Å². The lowest BCUT2D eigenvalue weighted by Gasteiger charge is -2.18. The molecular formula is C67H108O6. The Morgan fingerprint density at radius 1 is 0.288 bits per heavy atom. The molecule has 0 spiro atoms. The van der Waals surface area contributed by atoms with Crippen LogP contribution in [-0.2, 0) is 28.6 Å². The van der Waals surface area contributed by atoms with Gasteiger partial charge in [-0.25, -0.2) is 0 Å². The molecular weight excluding hydrogens is 901 g/mol. The molecule has 0 rings (SSSR count). The second kappa shape index (κ2) is 60.1. The van der Waals surface area contributed by atoms with Crippen molar-refractivity contribution in [3.05, 3.63) is 134 Å². The number of carbonyl (C=O) groups is 3. The summed E-state index contributed by atoms with van der Waals surface area (Å²) in [7, 11) is 0. The number of hydrogen-bond acceptors (Lipinski definition) is 6. The van der Waals surface area contributed by atoms with Gasteiger partial charge in [-0.05, 0) is 109 Å². The van der Waals surface area contributed by atoms with Crippen LogP contribution in [0.25, 0.3) is 0 Å². The molecule has 0 aromatic heterocycles. The Morgan fingerprint density at radius 3 is 0.890 bits per heavy atom. The first-order valence-electron chi connectivity index (χ1n) is 29.7. The van der Waals surface area contributed by atoms with Gasteiger partial charge in [0.15, 0.2) is 6.10 Å². The summed E-state index contributed by atoms with van der Waals surface area (Å²) in [5.74, 6) is -0.995. The van der Waals surface area contributed by atoms with Gasteiger partial charge >= 0.3 is 17.9 Å². The fourth-order valence-corrected chi connectivity index (χ4v) is 7.78. The van der Waals surface area contributed by atoms with Gasteiger partial charge in [0.05, 0.1) is 0 Å². The van der Waals surface area contributed by atoms with E-state index in [0.29, 0.717) is 12.8 Å². The van der Waals surface area contributed by atoms with Crippen LogP contribution >= 0.6 is 0 Å². The van der Waals surface area contributed by atoms with Crippen molar-refractivity contribution >= 4 is 17.9 Å². The Bertz CT molecular complexity index is 1580. The van der Waals surface area contributed by atoms with Crippen LogP contribution in [0.3, 0.4) is 0 Å². The molecule has 0 aromatic rings. The zero-order chi connectivity index (χ0) is 52.9. The summed E-state index contributed by atoms with van der Waals surface area (Å²) in [6.45, 7) is 6.35. The molecule has 0 radical (unpaired) electrons. The molecule has 0 aliphatic heterocycles. The van der Waals surface area contributed by atoms with E-state index in [-0.39, 0.29) is 44.0 Å². The van der Waals surface area contributed by atoms with Crippen molar-refractivity contribution < 1.29 is 28.6 Å². The number of esters is 3. The summed E-state index contributed by atoms with van der Waals surface area (Å²) >= 11 is 0. The summed E-state index contributed by atoms with van der Waals surface area (Å²) < 4.78 is 16.8. The van der Waals surface area contributed by atoms with Crippen LogP contribution in [0.1, 0.15) is 252 Å². The lowest BCUT2D eigenvalue weighted by molar-refractivity contribution is -0.167. The number of rotatable bonds is 52. The molecule has 1 unspecified atom stereocenters. The third-order valence-corrected chi connectivity index (χ3v) is 12.2. The van der Waals surface area contributed by atoms with E-state index < -0.39 is 6.10 Å². The highest BCUT2D eigenvalue weighted by Gasteiger charge is 2.19. The predicted octanol–water partition coefficient (Wildman–Crippen LogP) is 20.2. The predicted molar refractivity (Wildman–Crippen MR) is 316 cm³/mol. The molecule has 0 amide bonds. The molecule has 0 aromatic carbocycles. The Morgan fingerprint density at radius 2 is 0.548 bits per heavy atom. The molecule has 6 heteroatoms. The SMILES string of the molecule is CC/C=C\C/C=C\C/C=C\C/C=C\C/C=C\C/C=C\C/C=C\CCCC(=O)OCC(COC(=O)CCCCCCCCCCCCCCCCC)OC(=O)CCCCCC/C=C\C/C=C\C/C=C\C/C=C\CC. The second-order valence-electron chi connectivity index (χ2n) is 19.1. The van der Waals surface area contributed by atoms with Gasteiger partial charge < -0.3 is 14.2 Å². The third-order valence-electron chi connectivity index (χ3n) is 12.2. The normalized spacial score (nSPS) is 13.1. The van der Waals surface area contributed by atoms with E-state index in [4.69, 9.17) is 14.2 Å². The van der Waals surface area contributed by atoms with E-state index in [2.05, 4.69) is 154 Å². The number of unbranched alkanes of at least 4 members (excludes halogenated alkanes) is 19. The summed E-state index contributed by atoms with van der Waals surface area (Å²) in [4.78, 5) is 38.2. The Kier molecular flexibility index (Phi) is 56.4. The Hall–Kier alpha value is -4.45. The summed E-state index contributed by atoms with van der Waals surface area (Å²) in [6, 6.07) is 0. The first-order valence-corrected chi connectivity index (χ1v) is 29.7. The molecule has 0 aliphatic rings. The highest BCUT2D eigenvalue weighted by molar-refractivity contribution is 5.71. The van der Waals surface area contributed by atoms with Crippen molar-refractivity contribution in [2.45, 2.75) is 258 Å². The molecule has 73 heavy (non-hydrogen) atoms. The molecule has 1 atom stereocenters. The van der Waals surface area contributed by atoms with E-state index in [1.54, 1.807) is 0 Å². The number of allylic oxidation sites excluding steroid dienone is 22. The summed E-state index contributed by atoms with van der Waals surface area (Å²) in [5.41, 5.74) is 0. The largest absolute Gasteiger partial charge is 0.462 e.